The maximum atomic E-state index is 14.0. The molecule has 3 rings (SSSR count). The largest absolute Gasteiger partial charge is 0.505 e. The normalized spacial score (nSPS) is 11.0. The van der Waals surface area contributed by atoms with Crippen LogP contribution >= 0.6 is 0 Å². The molecule has 0 aliphatic heterocycles. The second kappa shape index (κ2) is 7.19. The lowest BCUT2D eigenvalue weighted by molar-refractivity contribution is -0.120. The molecular weight excluding hydrogens is 354 g/mol. The predicted octanol–water partition coefficient (Wildman–Crippen LogP) is 3.30. The maximum Gasteiger partial charge on any atom is 0.262 e. The summed E-state index contributed by atoms with van der Waals surface area (Å²) in [6, 6.07) is 7.26. The number of hydrogen-bond donors (Lipinski definition) is 2. The summed E-state index contributed by atoms with van der Waals surface area (Å²) in [5.74, 6) is -2.65. The molecule has 7 heteroatoms. The molecule has 1 heterocycles. The summed E-state index contributed by atoms with van der Waals surface area (Å²) in [5, 5.41) is 12.8. The number of aromatic nitrogens is 1. The third kappa shape index (κ3) is 3.40. The van der Waals surface area contributed by atoms with Crippen molar-refractivity contribution in [3.8, 4) is 5.75 Å². The van der Waals surface area contributed by atoms with Crippen molar-refractivity contribution in [3.63, 3.8) is 0 Å². The zero-order valence-corrected chi connectivity index (χ0v) is 14.8. The minimum absolute atomic E-state index is 0.0229. The van der Waals surface area contributed by atoms with Crippen LogP contribution in [0.2, 0.25) is 0 Å². The van der Waals surface area contributed by atoms with Gasteiger partial charge in [-0.1, -0.05) is 0 Å². The molecule has 1 amide bonds. The van der Waals surface area contributed by atoms with Gasteiger partial charge in [-0.05, 0) is 49.7 Å². The number of carbonyl (C=O) groups is 2. The van der Waals surface area contributed by atoms with Crippen LogP contribution in [0.5, 0.6) is 5.75 Å². The summed E-state index contributed by atoms with van der Waals surface area (Å²) >= 11 is 0. The van der Waals surface area contributed by atoms with Gasteiger partial charge >= 0.3 is 0 Å². The highest BCUT2D eigenvalue weighted by Crippen LogP contribution is 2.32. The number of rotatable bonds is 4. The Labute approximate surface area is 154 Å². The first-order valence-electron chi connectivity index (χ1n) is 8.42. The van der Waals surface area contributed by atoms with Gasteiger partial charge in [-0.15, -0.1) is 0 Å². The Morgan fingerprint density at radius 1 is 1.15 bits per heavy atom. The molecule has 0 saturated carbocycles. The van der Waals surface area contributed by atoms with Gasteiger partial charge in [0.05, 0.1) is 11.9 Å². The topological polar surface area (TPSA) is 71.3 Å². The summed E-state index contributed by atoms with van der Waals surface area (Å²) in [6.07, 6.45) is -0.0229. The minimum Gasteiger partial charge on any atom is -0.505 e. The molecule has 140 valence electrons. The van der Waals surface area contributed by atoms with Crippen LogP contribution in [-0.4, -0.2) is 28.0 Å². The summed E-state index contributed by atoms with van der Waals surface area (Å²) in [7, 11) is 0. The monoisotopic (exact) mass is 372 g/mol. The standard InChI is InChI=1S/C20H18F2N2O3/c1-3-23-19(26)9-14-11(2)24(17-10-16(22)18(25)8-15(14)17)20(27)12-4-6-13(21)7-5-12/h4-8,10,25H,3,9H2,1-2H3,(H,23,26). The lowest BCUT2D eigenvalue weighted by atomic mass is 10.1. The van der Waals surface area contributed by atoms with Crippen LogP contribution < -0.4 is 5.32 Å². The van der Waals surface area contributed by atoms with Crippen molar-refractivity contribution in [3.05, 3.63) is 64.9 Å². The van der Waals surface area contributed by atoms with Crippen molar-refractivity contribution in [2.24, 2.45) is 0 Å². The van der Waals surface area contributed by atoms with Gasteiger partial charge in [-0.25, -0.2) is 8.78 Å². The number of nitrogens with zero attached hydrogens (tertiary/aromatic N) is 1. The number of benzene rings is 2. The number of carbonyl (C=O) groups excluding carboxylic acids is 2. The molecule has 5 nitrogen and oxygen atoms in total. The zero-order valence-electron chi connectivity index (χ0n) is 14.8. The zero-order chi connectivity index (χ0) is 19.7. The molecule has 0 unspecified atom stereocenters. The molecule has 0 radical (unpaired) electrons. The van der Waals surface area contributed by atoms with Gasteiger partial charge in [0.2, 0.25) is 5.91 Å². The van der Waals surface area contributed by atoms with E-state index < -0.39 is 23.3 Å². The molecule has 1 aromatic heterocycles. The number of fused-ring (bicyclic) bond motifs is 1. The van der Waals surface area contributed by atoms with Gasteiger partial charge in [0.25, 0.3) is 5.91 Å². The average Bonchev–Trinajstić information content (AvgIpc) is 2.87. The maximum absolute atomic E-state index is 14.0. The van der Waals surface area contributed by atoms with Crippen LogP contribution in [0.4, 0.5) is 8.78 Å². The van der Waals surface area contributed by atoms with Crippen molar-refractivity contribution in [2.75, 3.05) is 6.54 Å². The van der Waals surface area contributed by atoms with Crippen molar-refractivity contribution < 1.29 is 23.5 Å². The van der Waals surface area contributed by atoms with E-state index in [1.165, 1.54) is 22.8 Å². The van der Waals surface area contributed by atoms with E-state index in [0.717, 1.165) is 18.2 Å². The Morgan fingerprint density at radius 3 is 2.44 bits per heavy atom. The third-order valence-electron chi connectivity index (χ3n) is 4.41. The first-order chi connectivity index (χ1) is 12.8. The van der Waals surface area contributed by atoms with Gasteiger partial charge in [-0.3, -0.25) is 14.2 Å². The van der Waals surface area contributed by atoms with Crippen LogP contribution in [0.15, 0.2) is 36.4 Å². The molecule has 0 saturated heterocycles. The number of phenolic OH excluding ortho intramolecular Hbond substituents is 1. The van der Waals surface area contributed by atoms with Crippen molar-refractivity contribution in [2.45, 2.75) is 20.3 Å². The predicted molar refractivity (Wildman–Crippen MR) is 96.8 cm³/mol. The number of halogens is 2. The highest BCUT2D eigenvalue weighted by molar-refractivity contribution is 6.05. The Kier molecular flexibility index (Phi) is 4.94. The van der Waals surface area contributed by atoms with E-state index in [2.05, 4.69) is 5.32 Å². The highest BCUT2D eigenvalue weighted by atomic mass is 19.1. The van der Waals surface area contributed by atoms with Crippen molar-refractivity contribution >= 4 is 22.7 Å². The van der Waals surface area contributed by atoms with E-state index >= 15 is 0 Å². The van der Waals surface area contributed by atoms with Crippen LogP contribution in [0, 0.1) is 18.6 Å². The smallest absolute Gasteiger partial charge is 0.262 e. The SMILES string of the molecule is CCNC(=O)Cc1c(C)n(C(=O)c2ccc(F)cc2)c2cc(F)c(O)cc12. The highest BCUT2D eigenvalue weighted by Gasteiger charge is 2.23. The second-order valence-electron chi connectivity index (χ2n) is 6.16. The van der Waals surface area contributed by atoms with Crippen LogP contribution in [0.25, 0.3) is 10.9 Å². The summed E-state index contributed by atoms with van der Waals surface area (Å²) < 4.78 is 28.4. The van der Waals surface area contributed by atoms with Gasteiger partial charge in [-0.2, -0.15) is 0 Å². The van der Waals surface area contributed by atoms with Gasteiger partial charge in [0.1, 0.15) is 5.82 Å². The minimum atomic E-state index is -0.877. The molecular formula is C20H18F2N2O3. The van der Waals surface area contributed by atoms with Gasteiger partial charge < -0.3 is 10.4 Å². The molecule has 0 fully saturated rings. The van der Waals surface area contributed by atoms with E-state index in [0.29, 0.717) is 23.2 Å². The number of likely N-dealkylation sites (N-methyl/N-ethyl adjacent to an activating group) is 1. The third-order valence-corrected chi connectivity index (χ3v) is 4.41. The first kappa shape index (κ1) is 18.6. The Morgan fingerprint density at radius 2 is 1.81 bits per heavy atom. The number of amides is 1. The van der Waals surface area contributed by atoms with E-state index in [1.807, 2.05) is 0 Å². The summed E-state index contributed by atoms with van der Waals surface area (Å²) in [6.45, 7) is 3.88. The van der Waals surface area contributed by atoms with Crippen LogP contribution in [0.1, 0.15) is 28.5 Å². The number of aromatic hydroxyl groups is 1. The summed E-state index contributed by atoms with van der Waals surface area (Å²) in [4.78, 5) is 25.0. The van der Waals surface area contributed by atoms with Crippen LogP contribution in [-0.2, 0) is 11.2 Å². The summed E-state index contributed by atoms with van der Waals surface area (Å²) in [5.41, 5.74) is 1.42. The number of nitrogens with one attached hydrogen (secondary N) is 1. The molecule has 0 bridgehead atoms. The van der Waals surface area contributed by atoms with E-state index in [4.69, 9.17) is 0 Å². The first-order valence-corrected chi connectivity index (χ1v) is 8.42. The quantitative estimate of drug-likeness (QED) is 0.738. The molecule has 0 aliphatic rings. The molecule has 2 N–H and O–H groups in total. The number of hydrogen-bond acceptors (Lipinski definition) is 3. The molecule has 0 atom stereocenters. The molecule has 2 aromatic carbocycles. The van der Waals surface area contributed by atoms with E-state index in [9.17, 15) is 23.5 Å². The fourth-order valence-electron chi connectivity index (χ4n) is 3.12. The van der Waals surface area contributed by atoms with Crippen molar-refractivity contribution in [1.29, 1.82) is 0 Å². The fraction of sp³-hybridized carbons (Fsp3) is 0.200. The average molecular weight is 372 g/mol. The van der Waals surface area contributed by atoms with E-state index in [-0.39, 0.29) is 23.4 Å². The molecule has 0 aliphatic carbocycles. The van der Waals surface area contributed by atoms with Crippen LogP contribution in [0.3, 0.4) is 0 Å². The van der Waals surface area contributed by atoms with E-state index in [1.54, 1.807) is 13.8 Å². The van der Waals surface area contributed by atoms with Gasteiger partial charge in [0.15, 0.2) is 11.6 Å². The lowest BCUT2D eigenvalue weighted by Gasteiger charge is -2.08. The molecule has 27 heavy (non-hydrogen) atoms. The Hall–Kier alpha value is -3.22. The molecule has 0 spiro atoms. The lowest BCUT2D eigenvalue weighted by Crippen LogP contribution is -2.24. The Bertz CT molecular complexity index is 1040. The van der Waals surface area contributed by atoms with Crippen molar-refractivity contribution in [1.82, 2.24) is 9.88 Å². The molecule has 3 aromatic rings. The second-order valence-corrected chi connectivity index (χ2v) is 6.16. The Balaban J connectivity index is 2.21. The number of phenols is 1. The van der Waals surface area contributed by atoms with Gasteiger partial charge in [0, 0.05) is 29.3 Å². The fourth-order valence-corrected chi connectivity index (χ4v) is 3.12.